The van der Waals surface area contributed by atoms with Crippen molar-refractivity contribution in [3.8, 4) is 11.1 Å². The van der Waals surface area contributed by atoms with E-state index in [2.05, 4.69) is 19.1 Å². The number of carbonyl (C=O) groups is 1. The number of hydrogen-bond donors (Lipinski definition) is 1. The highest BCUT2D eigenvalue weighted by Gasteiger charge is 2.31. The normalized spacial score (nSPS) is 26.3. The highest BCUT2D eigenvalue weighted by atomic mass is 19.2. The Morgan fingerprint density at radius 3 is 1.74 bits per heavy atom. The van der Waals surface area contributed by atoms with Crippen LogP contribution >= 0.6 is 0 Å². The van der Waals surface area contributed by atoms with Gasteiger partial charge in [-0.3, -0.25) is 4.79 Å². The second-order valence-corrected chi connectivity index (χ2v) is 11.8. The summed E-state index contributed by atoms with van der Waals surface area (Å²) in [6.45, 7) is 2.32. The molecule has 3 aliphatic rings. The van der Waals surface area contributed by atoms with Gasteiger partial charge in [0, 0.05) is 0 Å². The van der Waals surface area contributed by atoms with Crippen molar-refractivity contribution < 1.29 is 23.1 Å². The minimum absolute atomic E-state index is 0.0289. The van der Waals surface area contributed by atoms with Crippen molar-refractivity contribution in [2.75, 3.05) is 0 Å². The summed E-state index contributed by atoms with van der Waals surface area (Å²) in [6.07, 6.45) is 17.4. The topological polar surface area (TPSA) is 37.3 Å². The van der Waals surface area contributed by atoms with E-state index >= 15 is 0 Å². The molecule has 3 fully saturated rings. The van der Waals surface area contributed by atoms with Crippen LogP contribution < -0.4 is 0 Å². The van der Waals surface area contributed by atoms with Crippen molar-refractivity contribution in [3.63, 3.8) is 0 Å². The lowest BCUT2D eigenvalue weighted by atomic mass is 9.68. The van der Waals surface area contributed by atoms with E-state index in [0.29, 0.717) is 17.0 Å². The zero-order valence-electron chi connectivity index (χ0n) is 22.7. The SMILES string of the molecule is CCC1CCC(C2CCC(c3ccc(-c4cc(F)c(F)c(F)c4)cc3)CC2)CC1.O=C(O)C1CCCCC1. The first-order valence-electron chi connectivity index (χ1n) is 14.8. The summed E-state index contributed by atoms with van der Waals surface area (Å²) in [5.41, 5.74) is 2.40. The van der Waals surface area contributed by atoms with Crippen molar-refractivity contribution in [2.45, 2.75) is 103 Å². The quantitative estimate of drug-likeness (QED) is 0.392. The number of benzene rings is 2. The predicted octanol–water partition coefficient (Wildman–Crippen LogP) is 9.91. The summed E-state index contributed by atoms with van der Waals surface area (Å²) < 4.78 is 40.2. The molecule has 208 valence electrons. The second kappa shape index (κ2) is 13.7. The Morgan fingerprint density at radius 1 is 0.737 bits per heavy atom. The van der Waals surface area contributed by atoms with Crippen LogP contribution in [0.1, 0.15) is 108 Å². The monoisotopic (exact) mass is 528 g/mol. The Hall–Kier alpha value is -2.30. The third kappa shape index (κ3) is 7.42. The van der Waals surface area contributed by atoms with Crippen molar-refractivity contribution in [2.24, 2.45) is 23.7 Å². The Kier molecular flexibility index (Phi) is 10.3. The maximum absolute atomic E-state index is 13.5. The van der Waals surface area contributed by atoms with E-state index < -0.39 is 23.4 Å². The Bertz CT molecular complexity index is 1010. The van der Waals surface area contributed by atoms with Gasteiger partial charge in [0.15, 0.2) is 17.5 Å². The number of rotatable bonds is 5. The van der Waals surface area contributed by atoms with Gasteiger partial charge in [-0.25, -0.2) is 13.2 Å². The number of aliphatic carboxylic acids is 1. The molecule has 0 heterocycles. The number of carboxylic acids is 1. The largest absolute Gasteiger partial charge is 0.481 e. The van der Waals surface area contributed by atoms with Crippen LogP contribution in [-0.2, 0) is 4.79 Å². The summed E-state index contributed by atoms with van der Waals surface area (Å²) in [5, 5.41) is 8.54. The van der Waals surface area contributed by atoms with Gasteiger partial charge < -0.3 is 5.11 Å². The molecular weight excluding hydrogens is 485 g/mol. The van der Waals surface area contributed by atoms with Gasteiger partial charge in [0.05, 0.1) is 5.92 Å². The molecule has 0 spiro atoms. The standard InChI is InChI=1S/C26H31F3.C7H12O2/c1-2-17-3-5-18(6-4-17)19-7-9-20(10-8-19)21-11-13-22(14-12-21)23-15-24(27)26(29)25(28)16-23;8-7(9)6-4-2-1-3-5-6/h11-20H,2-10H2,1H3;6H,1-5H2,(H,8,9). The third-order valence-electron chi connectivity index (χ3n) is 9.56. The molecule has 0 radical (unpaired) electrons. The van der Waals surface area contributed by atoms with Crippen LogP contribution in [0.15, 0.2) is 36.4 Å². The summed E-state index contributed by atoms with van der Waals surface area (Å²) in [5.74, 6) is -0.958. The first-order chi connectivity index (χ1) is 18.4. The molecule has 0 amide bonds. The van der Waals surface area contributed by atoms with E-state index in [9.17, 15) is 18.0 Å². The molecule has 0 atom stereocenters. The fraction of sp³-hybridized carbons (Fsp3) is 0.606. The fourth-order valence-corrected chi connectivity index (χ4v) is 7.01. The van der Waals surface area contributed by atoms with Crippen molar-refractivity contribution in [1.82, 2.24) is 0 Å². The van der Waals surface area contributed by atoms with Crippen LogP contribution in [0.3, 0.4) is 0 Å². The maximum atomic E-state index is 13.5. The van der Waals surface area contributed by atoms with Gasteiger partial charge in [0.2, 0.25) is 0 Å². The van der Waals surface area contributed by atoms with Crippen molar-refractivity contribution in [3.05, 3.63) is 59.4 Å². The van der Waals surface area contributed by atoms with Gasteiger partial charge in [0.25, 0.3) is 0 Å². The van der Waals surface area contributed by atoms with Crippen LogP contribution in [0.25, 0.3) is 11.1 Å². The van der Waals surface area contributed by atoms with E-state index in [1.165, 1.54) is 69.8 Å². The highest BCUT2D eigenvalue weighted by Crippen LogP contribution is 2.44. The van der Waals surface area contributed by atoms with E-state index in [4.69, 9.17) is 5.11 Å². The molecule has 0 aliphatic heterocycles. The molecule has 2 nitrogen and oxygen atoms in total. The summed E-state index contributed by atoms with van der Waals surface area (Å²) in [4.78, 5) is 10.4. The predicted molar refractivity (Wildman–Crippen MR) is 146 cm³/mol. The average Bonchev–Trinajstić information content (AvgIpc) is 2.97. The van der Waals surface area contributed by atoms with E-state index in [-0.39, 0.29) is 5.92 Å². The van der Waals surface area contributed by atoms with Crippen LogP contribution in [0.4, 0.5) is 13.2 Å². The Balaban J connectivity index is 0.000000317. The zero-order valence-corrected chi connectivity index (χ0v) is 22.7. The minimum atomic E-state index is -1.41. The average molecular weight is 529 g/mol. The zero-order chi connectivity index (χ0) is 27.1. The van der Waals surface area contributed by atoms with Gasteiger partial charge in [-0.15, -0.1) is 0 Å². The van der Waals surface area contributed by atoms with Crippen LogP contribution in [0, 0.1) is 41.1 Å². The minimum Gasteiger partial charge on any atom is -0.481 e. The molecule has 0 bridgehead atoms. The third-order valence-corrected chi connectivity index (χ3v) is 9.56. The molecule has 3 saturated carbocycles. The maximum Gasteiger partial charge on any atom is 0.306 e. The van der Waals surface area contributed by atoms with E-state index in [1.54, 1.807) is 0 Å². The molecule has 5 heteroatoms. The molecule has 38 heavy (non-hydrogen) atoms. The molecule has 0 aromatic heterocycles. The van der Waals surface area contributed by atoms with Crippen molar-refractivity contribution >= 4 is 5.97 Å². The fourth-order valence-electron chi connectivity index (χ4n) is 7.01. The number of hydrogen-bond acceptors (Lipinski definition) is 1. The van der Waals surface area contributed by atoms with Gasteiger partial charge in [-0.2, -0.15) is 0 Å². The number of halogens is 3. The lowest BCUT2D eigenvalue weighted by Crippen LogP contribution is -2.25. The van der Waals surface area contributed by atoms with Crippen LogP contribution in [0.5, 0.6) is 0 Å². The summed E-state index contributed by atoms with van der Waals surface area (Å²) in [6, 6.07) is 10.1. The van der Waals surface area contributed by atoms with Gasteiger partial charge in [-0.1, -0.05) is 69.7 Å². The van der Waals surface area contributed by atoms with Gasteiger partial charge >= 0.3 is 5.97 Å². The van der Waals surface area contributed by atoms with Crippen molar-refractivity contribution in [1.29, 1.82) is 0 Å². The van der Waals surface area contributed by atoms with E-state index in [0.717, 1.165) is 55.6 Å². The molecule has 1 N–H and O–H groups in total. The first-order valence-corrected chi connectivity index (χ1v) is 14.8. The second-order valence-electron chi connectivity index (χ2n) is 11.8. The summed E-state index contributed by atoms with van der Waals surface area (Å²) >= 11 is 0. The molecular formula is C33H43F3O2. The smallest absolute Gasteiger partial charge is 0.306 e. The molecule has 2 aromatic rings. The molecule has 0 unspecified atom stereocenters. The lowest BCUT2D eigenvalue weighted by Gasteiger charge is -2.38. The van der Waals surface area contributed by atoms with Crippen LogP contribution in [-0.4, -0.2) is 11.1 Å². The highest BCUT2D eigenvalue weighted by molar-refractivity contribution is 5.70. The molecule has 5 rings (SSSR count). The molecule has 2 aromatic carbocycles. The Labute approximate surface area is 226 Å². The van der Waals surface area contributed by atoms with Gasteiger partial charge in [-0.05, 0) is 104 Å². The molecule has 0 saturated heterocycles. The molecule has 3 aliphatic carbocycles. The summed E-state index contributed by atoms with van der Waals surface area (Å²) in [7, 11) is 0. The van der Waals surface area contributed by atoms with Gasteiger partial charge in [0.1, 0.15) is 0 Å². The first kappa shape index (κ1) is 28.7. The number of carboxylic acid groups (broad SMARTS) is 1. The van der Waals surface area contributed by atoms with Crippen LogP contribution in [0.2, 0.25) is 0 Å². The lowest BCUT2D eigenvalue weighted by molar-refractivity contribution is -0.142. The Morgan fingerprint density at radius 2 is 1.26 bits per heavy atom. The van der Waals surface area contributed by atoms with E-state index in [1.807, 2.05) is 12.1 Å².